The molecular formula is C24H34N2O9. The Morgan fingerprint density at radius 2 is 1.43 bits per heavy atom. The zero-order valence-corrected chi connectivity index (χ0v) is 20.0. The average molecular weight is 495 g/mol. The van der Waals surface area contributed by atoms with Gasteiger partial charge in [-0.3, -0.25) is 9.59 Å². The van der Waals surface area contributed by atoms with Gasteiger partial charge in [-0.1, -0.05) is 0 Å². The Kier molecular flexibility index (Phi) is 11.3. The molecule has 1 N–H and O–H groups in total. The van der Waals surface area contributed by atoms with E-state index in [2.05, 4.69) is 17.2 Å². The molecule has 2 unspecified atom stereocenters. The van der Waals surface area contributed by atoms with Crippen LogP contribution in [0, 0.1) is 29.6 Å². The summed E-state index contributed by atoms with van der Waals surface area (Å²) in [5.41, 5.74) is 0. The molecule has 1 heterocycles. The fourth-order valence-electron chi connectivity index (χ4n) is 4.23. The minimum atomic E-state index is -0.702. The lowest BCUT2D eigenvalue weighted by Gasteiger charge is -2.12. The van der Waals surface area contributed by atoms with Crippen molar-refractivity contribution < 1.29 is 43.0 Å². The first-order valence-corrected chi connectivity index (χ1v) is 12.2. The van der Waals surface area contributed by atoms with Gasteiger partial charge in [0.25, 0.3) is 11.8 Å². The number of hydroxylamine groups is 2. The summed E-state index contributed by atoms with van der Waals surface area (Å²) in [4.78, 5) is 50.9. The fourth-order valence-corrected chi connectivity index (χ4v) is 4.23. The summed E-state index contributed by atoms with van der Waals surface area (Å²) in [6, 6.07) is 0. The van der Waals surface area contributed by atoms with E-state index in [1.54, 1.807) is 0 Å². The highest BCUT2D eigenvalue weighted by atomic mass is 16.7. The quantitative estimate of drug-likeness (QED) is 0.203. The first kappa shape index (κ1) is 26.9. The van der Waals surface area contributed by atoms with E-state index in [4.69, 9.17) is 23.8 Å². The number of ether oxygens (including phenoxy) is 4. The number of amides is 3. The van der Waals surface area contributed by atoms with Crippen LogP contribution in [0.25, 0.3) is 0 Å². The molecule has 11 nitrogen and oxygen atoms in total. The van der Waals surface area contributed by atoms with Crippen molar-refractivity contribution in [1.29, 1.82) is 0 Å². The van der Waals surface area contributed by atoms with Gasteiger partial charge in [0.05, 0.1) is 52.7 Å². The van der Waals surface area contributed by atoms with Crippen molar-refractivity contribution in [2.75, 3.05) is 52.8 Å². The Hall–Kier alpha value is -2.68. The van der Waals surface area contributed by atoms with Gasteiger partial charge in [0, 0.05) is 32.2 Å². The standard InChI is InChI=1S/C24H34N2O9/c27-21-7-8-22(28)26(21)35-23(29)9-11-31-13-15-33-16-14-32-12-10-25-24(30)34-17-20-18-5-3-1-2-4-6-19(18)20/h18-20H,3-17H2,(H,25,30). The van der Waals surface area contributed by atoms with E-state index in [1.165, 1.54) is 0 Å². The number of hydrogen-bond donors (Lipinski definition) is 1. The summed E-state index contributed by atoms with van der Waals surface area (Å²) in [5.74, 6) is 6.41. The van der Waals surface area contributed by atoms with E-state index in [0.29, 0.717) is 62.4 Å². The molecule has 0 aromatic carbocycles. The average Bonchev–Trinajstić information content (AvgIpc) is 3.37. The van der Waals surface area contributed by atoms with Crippen LogP contribution in [0.4, 0.5) is 4.79 Å². The van der Waals surface area contributed by atoms with Gasteiger partial charge < -0.3 is 29.1 Å². The second-order valence-electron chi connectivity index (χ2n) is 8.58. The number of nitrogens with zero attached hydrogens (tertiary/aromatic N) is 1. The molecule has 1 saturated heterocycles. The van der Waals surface area contributed by atoms with Crippen LogP contribution in [0.3, 0.4) is 0 Å². The Balaban J connectivity index is 1.05. The number of fused-ring (bicyclic) bond motifs is 1. The van der Waals surface area contributed by atoms with E-state index in [0.717, 1.165) is 25.7 Å². The summed E-state index contributed by atoms with van der Waals surface area (Å²) in [6.07, 6.45) is 3.73. The van der Waals surface area contributed by atoms with Crippen LogP contribution < -0.4 is 5.32 Å². The highest BCUT2D eigenvalue weighted by Crippen LogP contribution is 2.52. The maximum absolute atomic E-state index is 11.8. The molecule has 0 bridgehead atoms. The number of imide groups is 1. The van der Waals surface area contributed by atoms with Crippen molar-refractivity contribution in [3.63, 3.8) is 0 Å². The summed E-state index contributed by atoms with van der Waals surface area (Å²) < 4.78 is 21.4. The van der Waals surface area contributed by atoms with Gasteiger partial charge in [-0.25, -0.2) is 9.59 Å². The molecule has 1 saturated carbocycles. The summed E-state index contributed by atoms with van der Waals surface area (Å²) in [6.45, 7) is 2.60. The number of hydrogen-bond acceptors (Lipinski definition) is 9. The number of rotatable bonds is 15. The van der Waals surface area contributed by atoms with Gasteiger partial charge in [-0.15, -0.1) is 16.9 Å². The van der Waals surface area contributed by atoms with Crippen LogP contribution in [0.1, 0.15) is 44.9 Å². The second-order valence-corrected chi connectivity index (χ2v) is 8.58. The molecule has 0 radical (unpaired) electrons. The van der Waals surface area contributed by atoms with Crippen LogP contribution in [-0.4, -0.2) is 81.7 Å². The third-order valence-electron chi connectivity index (χ3n) is 6.16. The highest BCUT2D eigenvalue weighted by molar-refractivity contribution is 6.01. The molecule has 0 spiro atoms. The van der Waals surface area contributed by atoms with Crippen LogP contribution in [0.5, 0.6) is 0 Å². The fraction of sp³-hybridized carbons (Fsp3) is 0.750. The first-order valence-electron chi connectivity index (χ1n) is 12.2. The smallest absolute Gasteiger partial charge is 0.407 e. The molecule has 3 aliphatic rings. The third-order valence-corrected chi connectivity index (χ3v) is 6.16. The van der Waals surface area contributed by atoms with Crippen LogP contribution >= 0.6 is 0 Å². The van der Waals surface area contributed by atoms with E-state index in [9.17, 15) is 19.2 Å². The van der Waals surface area contributed by atoms with Gasteiger partial charge in [0.2, 0.25) is 0 Å². The van der Waals surface area contributed by atoms with E-state index in [-0.39, 0.29) is 32.5 Å². The normalized spacial score (nSPS) is 23.0. The monoisotopic (exact) mass is 494 g/mol. The maximum atomic E-state index is 11.8. The van der Waals surface area contributed by atoms with Gasteiger partial charge in [-0.05, 0) is 30.6 Å². The highest BCUT2D eigenvalue weighted by Gasteiger charge is 2.49. The van der Waals surface area contributed by atoms with Crippen molar-refractivity contribution >= 4 is 23.9 Å². The molecule has 194 valence electrons. The van der Waals surface area contributed by atoms with Crippen molar-refractivity contribution in [2.24, 2.45) is 17.8 Å². The van der Waals surface area contributed by atoms with E-state index < -0.39 is 23.9 Å². The zero-order valence-electron chi connectivity index (χ0n) is 20.0. The number of carbonyl (C=O) groups excluding carboxylic acids is 4. The van der Waals surface area contributed by atoms with Gasteiger partial charge >= 0.3 is 12.1 Å². The number of alkyl carbamates (subject to hydrolysis) is 1. The molecule has 0 aromatic heterocycles. The molecule has 0 aromatic rings. The molecule has 2 fully saturated rings. The molecule has 2 aliphatic carbocycles. The predicted molar refractivity (Wildman–Crippen MR) is 120 cm³/mol. The SMILES string of the molecule is O=C(CCOCCOCCOCCNC(=O)OCC1C2CCC#CCCC21)ON1C(=O)CCC1=O. The van der Waals surface area contributed by atoms with Crippen LogP contribution in [0.15, 0.2) is 0 Å². The molecule has 2 atom stereocenters. The van der Waals surface area contributed by atoms with E-state index >= 15 is 0 Å². The summed E-state index contributed by atoms with van der Waals surface area (Å²) in [7, 11) is 0. The molecule has 3 amide bonds. The Bertz CT molecular complexity index is 773. The molecule has 11 heteroatoms. The Morgan fingerprint density at radius 1 is 0.857 bits per heavy atom. The topological polar surface area (TPSA) is 130 Å². The van der Waals surface area contributed by atoms with Crippen LogP contribution in [-0.2, 0) is 38.2 Å². The van der Waals surface area contributed by atoms with Crippen LogP contribution in [0.2, 0.25) is 0 Å². The summed E-state index contributed by atoms with van der Waals surface area (Å²) >= 11 is 0. The van der Waals surface area contributed by atoms with Gasteiger partial charge in [0.15, 0.2) is 0 Å². The number of carbonyl (C=O) groups is 4. The Labute approximate surface area is 205 Å². The lowest BCUT2D eigenvalue weighted by atomic mass is 10.1. The van der Waals surface area contributed by atoms with E-state index in [1.807, 2.05) is 0 Å². The molecule has 3 rings (SSSR count). The lowest BCUT2D eigenvalue weighted by Crippen LogP contribution is -2.32. The molecule has 35 heavy (non-hydrogen) atoms. The Morgan fingerprint density at radius 3 is 2.06 bits per heavy atom. The second kappa shape index (κ2) is 14.7. The minimum Gasteiger partial charge on any atom is -0.449 e. The zero-order chi connectivity index (χ0) is 24.9. The van der Waals surface area contributed by atoms with Crippen molar-refractivity contribution in [2.45, 2.75) is 44.9 Å². The van der Waals surface area contributed by atoms with Gasteiger partial charge in [-0.2, -0.15) is 0 Å². The number of nitrogens with one attached hydrogen (secondary N) is 1. The molecule has 1 aliphatic heterocycles. The third kappa shape index (κ3) is 9.47. The predicted octanol–water partition coefficient (Wildman–Crippen LogP) is 1.20. The van der Waals surface area contributed by atoms with Crippen molar-refractivity contribution in [3.8, 4) is 11.8 Å². The largest absolute Gasteiger partial charge is 0.449 e. The molecular weight excluding hydrogens is 460 g/mol. The van der Waals surface area contributed by atoms with Gasteiger partial charge in [0.1, 0.15) is 0 Å². The minimum absolute atomic E-state index is 0.0601. The van der Waals surface area contributed by atoms with Crippen molar-refractivity contribution in [3.05, 3.63) is 0 Å². The first-order chi connectivity index (χ1) is 17.1. The summed E-state index contributed by atoms with van der Waals surface area (Å²) in [5, 5.41) is 3.20. The maximum Gasteiger partial charge on any atom is 0.407 e. The lowest BCUT2D eigenvalue weighted by molar-refractivity contribution is -0.198. The van der Waals surface area contributed by atoms with Crippen molar-refractivity contribution in [1.82, 2.24) is 10.4 Å².